The van der Waals surface area contributed by atoms with Crippen LogP contribution in [-0.4, -0.2) is 44.0 Å². The van der Waals surface area contributed by atoms with Crippen LogP contribution in [-0.2, 0) is 0 Å². The molecule has 4 nitrogen and oxygen atoms in total. The quantitative estimate of drug-likeness (QED) is 0.865. The SMILES string of the molecule is CCN1CCCC1n1c(C2CCCSC2)nc2cccnc21. The lowest BCUT2D eigenvalue weighted by molar-refractivity contribution is 0.201. The predicted octanol–water partition coefficient (Wildman–Crippen LogP) is 3.66. The second-order valence-corrected chi connectivity index (χ2v) is 7.50. The van der Waals surface area contributed by atoms with Crippen molar-refractivity contribution in [1.82, 2.24) is 19.4 Å². The fourth-order valence-electron chi connectivity index (χ4n) is 3.94. The fraction of sp³-hybridized carbons (Fsp3) is 0.647. The lowest BCUT2D eigenvalue weighted by Crippen LogP contribution is -2.29. The van der Waals surface area contributed by atoms with Gasteiger partial charge >= 0.3 is 0 Å². The topological polar surface area (TPSA) is 34.0 Å². The molecule has 2 aromatic rings. The monoisotopic (exact) mass is 316 g/mol. The lowest BCUT2D eigenvalue weighted by Gasteiger charge is -2.29. The maximum Gasteiger partial charge on any atom is 0.161 e. The minimum Gasteiger partial charge on any atom is -0.296 e. The highest BCUT2D eigenvalue weighted by molar-refractivity contribution is 7.99. The van der Waals surface area contributed by atoms with E-state index in [-0.39, 0.29) is 0 Å². The number of imidazole rings is 1. The van der Waals surface area contributed by atoms with Crippen molar-refractivity contribution in [2.45, 2.75) is 44.7 Å². The van der Waals surface area contributed by atoms with E-state index >= 15 is 0 Å². The molecule has 2 saturated heterocycles. The van der Waals surface area contributed by atoms with Crippen molar-refractivity contribution in [3.05, 3.63) is 24.2 Å². The summed E-state index contributed by atoms with van der Waals surface area (Å²) in [5, 5.41) is 0. The third-order valence-corrected chi connectivity index (χ3v) is 6.25. The number of likely N-dealkylation sites (tertiary alicyclic amines) is 1. The van der Waals surface area contributed by atoms with Gasteiger partial charge < -0.3 is 0 Å². The first-order valence-electron chi connectivity index (χ1n) is 8.53. The molecule has 2 aliphatic heterocycles. The van der Waals surface area contributed by atoms with E-state index in [9.17, 15) is 0 Å². The Morgan fingerprint density at radius 1 is 1.32 bits per heavy atom. The van der Waals surface area contributed by atoms with Gasteiger partial charge in [-0.25, -0.2) is 9.97 Å². The molecular weight excluding hydrogens is 292 g/mol. The fourth-order valence-corrected chi connectivity index (χ4v) is 5.08. The molecule has 2 aliphatic rings. The second-order valence-electron chi connectivity index (χ2n) is 6.35. The highest BCUT2D eigenvalue weighted by Crippen LogP contribution is 2.37. The number of thioether (sulfide) groups is 1. The van der Waals surface area contributed by atoms with Crippen LogP contribution in [0.5, 0.6) is 0 Å². The number of fused-ring (bicyclic) bond motifs is 1. The molecule has 4 rings (SSSR count). The molecule has 0 amide bonds. The van der Waals surface area contributed by atoms with Gasteiger partial charge in [-0.15, -0.1) is 0 Å². The molecule has 0 saturated carbocycles. The molecule has 2 aromatic heterocycles. The number of aromatic nitrogens is 3. The van der Waals surface area contributed by atoms with E-state index in [0.29, 0.717) is 12.1 Å². The molecule has 5 heteroatoms. The molecule has 4 heterocycles. The zero-order valence-electron chi connectivity index (χ0n) is 13.2. The minimum absolute atomic E-state index is 0.451. The van der Waals surface area contributed by atoms with Crippen molar-refractivity contribution in [3.63, 3.8) is 0 Å². The number of nitrogens with zero attached hydrogens (tertiary/aromatic N) is 4. The lowest BCUT2D eigenvalue weighted by atomic mass is 10.0. The number of hydrogen-bond donors (Lipinski definition) is 0. The smallest absolute Gasteiger partial charge is 0.161 e. The van der Waals surface area contributed by atoms with Crippen molar-refractivity contribution in [3.8, 4) is 0 Å². The van der Waals surface area contributed by atoms with Gasteiger partial charge in [0.05, 0.1) is 6.17 Å². The van der Waals surface area contributed by atoms with Crippen molar-refractivity contribution in [2.75, 3.05) is 24.6 Å². The first-order valence-corrected chi connectivity index (χ1v) is 9.68. The van der Waals surface area contributed by atoms with Crippen LogP contribution in [0.2, 0.25) is 0 Å². The van der Waals surface area contributed by atoms with Crippen LogP contribution in [0.3, 0.4) is 0 Å². The normalized spacial score (nSPS) is 26.8. The van der Waals surface area contributed by atoms with E-state index < -0.39 is 0 Å². The average molecular weight is 316 g/mol. The van der Waals surface area contributed by atoms with Crippen molar-refractivity contribution in [1.29, 1.82) is 0 Å². The summed E-state index contributed by atoms with van der Waals surface area (Å²) >= 11 is 2.08. The van der Waals surface area contributed by atoms with Crippen LogP contribution in [0.4, 0.5) is 0 Å². The summed E-state index contributed by atoms with van der Waals surface area (Å²) in [5.41, 5.74) is 2.15. The Hall–Kier alpha value is -1.07. The first-order chi connectivity index (χ1) is 10.9. The molecule has 0 spiro atoms. The van der Waals surface area contributed by atoms with E-state index in [4.69, 9.17) is 4.98 Å². The van der Waals surface area contributed by atoms with Crippen LogP contribution >= 0.6 is 11.8 Å². The van der Waals surface area contributed by atoms with Gasteiger partial charge in [-0.05, 0) is 50.1 Å². The average Bonchev–Trinajstić information content (AvgIpc) is 3.19. The first kappa shape index (κ1) is 14.5. The summed E-state index contributed by atoms with van der Waals surface area (Å²) < 4.78 is 2.47. The van der Waals surface area contributed by atoms with Crippen molar-refractivity contribution >= 4 is 22.9 Å². The third-order valence-electron chi connectivity index (χ3n) is 5.03. The van der Waals surface area contributed by atoms with Crippen LogP contribution < -0.4 is 0 Å². The van der Waals surface area contributed by atoms with Gasteiger partial charge in [-0.1, -0.05) is 6.92 Å². The van der Waals surface area contributed by atoms with Gasteiger partial charge in [0.1, 0.15) is 11.3 Å². The van der Waals surface area contributed by atoms with E-state index in [1.807, 2.05) is 12.3 Å². The largest absolute Gasteiger partial charge is 0.296 e. The maximum absolute atomic E-state index is 5.01. The Kier molecular flexibility index (Phi) is 4.09. The molecule has 2 fully saturated rings. The summed E-state index contributed by atoms with van der Waals surface area (Å²) in [7, 11) is 0. The number of hydrogen-bond acceptors (Lipinski definition) is 4. The molecule has 2 atom stereocenters. The minimum atomic E-state index is 0.451. The molecule has 0 radical (unpaired) electrons. The molecule has 118 valence electrons. The second kappa shape index (κ2) is 6.20. The number of pyridine rings is 1. The van der Waals surface area contributed by atoms with E-state index in [1.54, 1.807) is 0 Å². The Bertz CT molecular complexity index is 647. The zero-order valence-corrected chi connectivity index (χ0v) is 14.1. The van der Waals surface area contributed by atoms with Crippen LogP contribution in [0, 0.1) is 0 Å². The van der Waals surface area contributed by atoms with Crippen molar-refractivity contribution < 1.29 is 0 Å². The predicted molar refractivity (Wildman–Crippen MR) is 92.3 cm³/mol. The van der Waals surface area contributed by atoms with Gasteiger partial charge in [0.25, 0.3) is 0 Å². The number of rotatable bonds is 3. The van der Waals surface area contributed by atoms with E-state index in [2.05, 4.69) is 39.2 Å². The van der Waals surface area contributed by atoms with Crippen LogP contribution in [0.15, 0.2) is 18.3 Å². The van der Waals surface area contributed by atoms with Gasteiger partial charge in [0.2, 0.25) is 0 Å². The van der Waals surface area contributed by atoms with Gasteiger partial charge in [0, 0.05) is 24.4 Å². The van der Waals surface area contributed by atoms with Gasteiger partial charge in [-0.2, -0.15) is 11.8 Å². The maximum atomic E-state index is 5.01. The standard InChI is InChI=1S/C17H24N4S/c1-2-20-10-4-8-15(20)21-16(13-6-5-11-22-12-13)19-14-7-3-9-18-17(14)21/h3,7,9,13,15H,2,4-6,8,10-12H2,1H3. The van der Waals surface area contributed by atoms with E-state index in [1.165, 1.54) is 49.6 Å². The van der Waals surface area contributed by atoms with Crippen LogP contribution in [0.25, 0.3) is 11.2 Å². The summed E-state index contributed by atoms with van der Waals surface area (Å²) in [4.78, 5) is 12.3. The van der Waals surface area contributed by atoms with Gasteiger partial charge in [-0.3, -0.25) is 9.47 Å². The zero-order chi connectivity index (χ0) is 14.9. The van der Waals surface area contributed by atoms with Crippen molar-refractivity contribution in [2.24, 2.45) is 0 Å². The highest BCUT2D eigenvalue weighted by Gasteiger charge is 2.31. The molecule has 2 unspecified atom stereocenters. The molecule has 0 N–H and O–H groups in total. The highest BCUT2D eigenvalue weighted by atomic mass is 32.2. The molecule has 0 aromatic carbocycles. The Morgan fingerprint density at radius 3 is 3.09 bits per heavy atom. The molecule has 22 heavy (non-hydrogen) atoms. The Labute approximate surface area is 136 Å². The van der Waals surface area contributed by atoms with Gasteiger partial charge in [0.15, 0.2) is 5.65 Å². The Morgan fingerprint density at radius 2 is 2.27 bits per heavy atom. The summed E-state index contributed by atoms with van der Waals surface area (Å²) in [6.07, 6.45) is 7.45. The summed E-state index contributed by atoms with van der Waals surface area (Å²) in [5.74, 6) is 4.39. The molecule has 0 bridgehead atoms. The Balaban J connectivity index is 1.82. The van der Waals surface area contributed by atoms with E-state index in [0.717, 1.165) is 17.7 Å². The summed E-state index contributed by atoms with van der Waals surface area (Å²) in [6.45, 7) is 4.57. The van der Waals surface area contributed by atoms with Crippen LogP contribution in [0.1, 0.15) is 50.5 Å². The molecule has 0 aliphatic carbocycles. The summed E-state index contributed by atoms with van der Waals surface area (Å²) in [6, 6.07) is 4.12. The molecular formula is C17H24N4S. The third kappa shape index (κ3) is 2.44.